The minimum absolute atomic E-state index is 0.0571. The molecular weight excluding hydrogens is 208 g/mol. The SMILES string of the molecule is CCCOCCC(=O)NCC(F)(F)CO. The van der Waals surface area contributed by atoms with Gasteiger partial charge in [-0.2, -0.15) is 0 Å². The van der Waals surface area contributed by atoms with Crippen molar-refractivity contribution in [3.8, 4) is 0 Å². The quantitative estimate of drug-likeness (QED) is 0.593. The highest BCUT2D eigenvalue weighted by Gasteiger charge is 2.27. The Hall–Kier alpha value is -0.750. The zero-order chi connectivity index (χ0) is 11.7. The Labute approximate surface area is 87.6 Å². The standard InChI is InChI=1S/C9H17F2NO3/c1-2-4-15-5-3-8(14)12-6-9(10,11)7-13/h13H,2-7H2,1H3,(H,12,14). The largest absolute Gasteiger partial charge is 0.390 e. The van der Waals surface area contributed by atoms with Crippen LogP contribution in [0.1, 0.15) is 19.8 Å². The number of hydrogen-bond acceptors (Lipinski definition) is 3. The zero-order valence-electron chi connectivity index (χ0n) is 8.76. The summed E-state index contributed by atoms with van der Waals surface area (Å²) in [5.74, 6) is -3.75. The number of ether oxygens (including phenoxy) is 1. The Kier molecular flexibility index (Phi) is 7.15. The number of carbonyl (C=O) groups is 1. The average Bonchev–Trinajstić information content (AvgIpc) is 2.22. The molecule has 4 nitrogen and oxygen atoms in total. The number of hydrogen-bond donors (Lipinski definition) is 2. The van der Waals surface area contributed by atoms with Gasteiger partial charge in [0.15, 0.2) is 0 Å². The summed E-state index contributed by atoms with van der Waals surface area (Å²) in [6, 6.07) is 0. The smallest absolute Gasteiger partial charge is 0.287 e. The molecule has 1 amide bonds. The number of amides is 1. The van der Waals surface area contributed by atoms with Gasteiger partial charge in [-0.05, 0) is 6.42 Å². The van der Waals surface area contributed by atoms with Crippen molar-refractivity contribution in [2.75, 3.05) is 26.4 Å². The number of nitrogens with one attached hydrogen (secondary N) is 1. The van der Waals surface area contributed by atoms with Crippen molar-refractivity contribution in [3.05, 3.63) is 0 Å². The van der Waals surface area contributed by atoms with Crippen LogP contribution < -0.4 is 5.32 Å². The van der Waals surface area contributed by atoms with Gasteiger partial charge in [-0.1, -0.05) is 6.92 Å². The van der Waals surface area contributed by atoms with Crippen molar-refractivity contribution in [2.45, 2.75) is 25.7 Å². The molecule has 0 aromatic carbocycles. The summed E-state index contributed by atoms with van der Waals surface area (Å²) < 4.78 is 29.9. The monoisotopic (exact) mass is 225 g/mol. The number of carbonyl (C=O) groups excluding carboxylic acids is 1. The molecule has 0 saturated carbocycles. The molecule has 0 spiro atoms. The second-order valence-electron chi connectivity index (χ2n) is 3.15. The van der Waals surface area contributed by atoms with Crippen LogP contribution in [0.25, 0.3) is 0 Å². The number of halogens is 2. The van der Waals surface area contributed by atoms with Crippen LogP contribution in [-0.2, 0) is 9.53 Å². The van der Waals surface area contributed by atoms with Crippen molar-refractivity contribution in [1.82, 2.24) is 5.32 Å². The molecule has 2 N–H and O–H groups in total. The summed E-state index contributed by atoms with van der Waals surface area (Å²) in [6.07, 6.45) is 0.908. The molecule has 0 aromatic heterocycles. The Morgan fingerprint density at radius 2 is 2.13 bits per heavy atom. The summed E-state index contributed by atoms with van der Waals surface area (Å²) in [5.41, 5.74) is 0. The second kappa shape index (κ2) is 7.53. The molecule has 0 unspecified atom stereocenters. The summed E-state index contributed by atoms with van der Waals surface area (Å²) in [7, 11) is 0. The second-order valence-corrected chi connectivity index (χ2v) is 3.15. The molecule has 0 atom stereocenters. The van der Waals surface area contributed by atoms with Gasteiger partial charge in [0, 0.05) is 13.0 Å². The number of aliphatic hydroxyl groups excluding tert-OH is 1. The lowest BCUT2D eigenvalue weighted by Crippen LogP contribution is -2.39. The highest BCUT2D eigenvalue weighted by atomic mass is 19.3. The minimum atomic E-state index is -3.25. The van der Waals surface area contributed by atoms with Gasteiger partial charge in [0.1, 0.15) is 6.61 Å². The van der Waals surface area contributed by atoms with Crippen LogP contribution in [0, 0.1) is 0 Å². The van der Waals surface area contributed by atoms with E-state index < -0.39 is 25.0 Å². The first-order valence-electron chi connectivity index (χ1n) is 4.85. The van der Waals surface area contributed by atoms with Gasteiger partial charge in [0.05, 0.1) is 13.2 Å². The Morgan fingerprint density at radius 3 is 2.67 bits per heavy atom. The number of rotatable bonds is 8. The highest BCUT2D eigenvalue weighted by Crippen LogP contribution is 2.09. The van der Waals surface area contributed by atoms with Crippen LogP contribution in [0.4, 0.5) is 8.78 Å². The van der Waals surface area contributed by atoms with E-state index in [1.54, 1.807) is 0 Å². The normalized spacial score (nSPS) is 11.5. The molecule has 0 fully saturated rings. The molecule has 0 aromatic rings. The van der Waals surface area contributed by atoms with E-state index in [2.05, 4.69) is 0 Å². The van der Waals surface area contributed by atoms with E-state index in [9.17, 15) is 13.6 Å². The maximum absolute atomic E-state index is 12.5. The van der Waals surface area contributed by atoms with Crippen molar-refractivity contribution < 1.29 is 23.4 Å². The number of alkyl halides is 2. The van der Waals surface area contributed by atoms with Crippen LogP contribution in [-0.4, -0.2) is 43.3 Å². The van der Waals surface area contributed by atoms with E-state index in [4.69, 9.17) is 9.84 Å². The molecule has 15 heavy (non-hydrogen) atoms. The van der Waals surface area contributed by atoms with E-state index >= 15 is 0 Å². The third kappa shape index (κ3) is 8.26. The molecule has 6 heteroatoms. The summed E-state index contributed by atoms with van der Waals surface area (Å²) >= 11 is 0. The predicted molar refractivity (Wildman–Crippen MR) is 50.8 cm³/mol. The van der Waals surface area contributed by atoms with E-state index in [1.807, 2.05) is 12.2 Å². The summed E-state index contributed by atoms with van der Waals surface area (Å²) in [5, 5.41) is 10.2. The Bertz CT molecular complexity index is 188. The molecule has 0 aliphatic heterocycles. The molecule has 0 aliphatic carbocycles. The first-order valence-corrected chi connectivity index (χ1v) is 4.85. The van der Waals surface area contributed by atoms with Crippen molar-refractivity contribution >= 4 is 5.91 Å². The molecule has 0 saturated heterocycles. The molecule has 0 bridgehead atoms. The van der Waals surface area contributed by atoms with E-state index in [-0.39, 0.29) is 13.0 Å². The Balaban J connectivity index is 3.49. The maximum atomic E-state index is 12.5. The molecule has 90 valence electrons. The van der Waals surface area contributed by atoms with Crippen LogP contribution >= 0.6 is 0 Å². The first kappa shape index (κ1) is 14.2. The third-order valence-corrected chi connectivity index (χ3v) is 1.60. The molecule has 0 radical (unpaired) electrons. The molecule has 0 heterocycles. The lowest BCUT2D eigenvalue weighted by Gasteiger charge is -2.13. The van der Waals surface area contributed by atoms with E-state index in [0.717, 1.165) is 6.42 Å². The van der Waals surface area contributed by atoms with Gasteiger partial charge in [-0.25, -0.2) is 8.78 Å². The van der Waals surface area contributed by atoms with Gasteiger partial charge in [-0.15, -0.1) is 0 Å². The lowest BCUT2D eigenvalue weighted by atomic mass is 10.3. The van der Waals surface area contributed by atoms with Crippen LogP contribution in [0.2, 0.25) is 0 Å². The molecule has 0 rings (SSSR count). The van der Waals surface area contributed by atoms with Crippen molar-refractivity contribution in [3.63, 3.8) is 0 Å². The lowest BCUT2D eigenvalue weighted by molar-refractivity contribution is -0.125. The summed E-state index contributed by atoms with van der Waals surface area (Å²) in [6.45, 7) is 0.613. The number of aliphatic hydroxyl groups is 1. The van der Waals surface area contributed by atoms with Crippen molar-refractivity contribution in [2.24, 2.45) is 0 Å². The first-order chi connectivity index (χ1) is 7.02. The van der Waals surface area contributed by atoms with Crippen molar-refractivity contribution in [1.29, 1.82) is 0 Å². The maximum Gasteiger partial charge on any atom is 0.287 e. The van der Waals surface area contributed by atoms with Gasteiger partial charge >= 0.3 is 0 Å². The van der Waals surface area contributed by atoms with Gasteiger partial charge < -0.3 is 15.2 Å². The molecule has 0 aliphatic rings. The van der Waals surface area contributed by atoms with Gasteiger partial charge in [0.25, 0.3) is 5.92 Å². The van der Waals surface area contributed by atoms with Gasteiger partial charge in [0.2, 0.25) is 5.91 Å². The van der Waals surface area contributed by atoms with Gasteiger partial charge in [-0.3, -0.25) is 4.79 Å². The van der Waals surface area contributed by atoms with E-state index in [1.165, 1.54) is 0 Å². The van der Waals surface area contributed by atoms with Crippen LogP contribution in [0.3, 0.4) is 0 Å². The molecular formula is C9H17F2NO3. The fourth-order valence-corrected chi connectivity index (χ4v) is 0.783. The van der Waals surface area contributed by atoms with Crippen LogP contribution in [0.15, 0.2) is 0 Å². The van der Waals surface area contributed by atoms with E-state index in [0.29, 0.717) is 6.61 Å². The highest BCUT2D eigenvalue weighted by molar-refractivity contribution is 5.75. The fraction of sp³-hybridized carbons (Fsp3) is 0.889. The third-order valence-electron chi connectivity index (χ3n) is 1.60. The Morgan fingerprint density at radius 1 is 1.47 bits per heavy atom. The fourth-order valence-electron chi connectivity index (χ4n) is 0.783. The summed E-state index contributed by atoms with van der Waals surface area (Å²) in [4.78, 5) is 11.0. The topological polar surface area (TPSA) is 58.6 Å². The predicted octanol–water partition coefficient (Wildman–Crippen LogP) is 0.547. The van der Waals surface area contributed by atoms with Crippen LogP contribution in [0.5, 0.6) is 0 Å². The average molecular weight is 225 g/mol. The zero-order valence-corrected chi connectivity index (χ0v) is 8.76. The minimum Gasteiger partial charge on any atom is -0.390 e.